The van der Waals surface area contributed by atoms with Gasteiger partial charge in [-0.15, -0.1) is 0 Å². The first-order valence-electron chi connectivity index (χ1n) is 8.93. The fourth-order valence-electron chi connectivity index (χ4n) is 3.66. The molecule has 1 saturated heterocycles. The first kappa shape index (κ1) is 17.5. The third kappa shape index (κ3) is 4.23. The molecule has 5 heteroatoms. The fourth-order valence-corrected chi connectivity index (χ4v) is 3.66. The van der Waals surface area contributed by atoms with Gasteiger partial charge < -0.3 is 14.6 Å². The summed E-state index contributed by atoms with van der Waals surface area (Å²) < 4.78 is 7.51. The summed E-state index contributed by atoms with van der Waals surface area (Å²) in [5.41, 5.74) is 2.41. The molecule has 0 saturated carbocycles. The number of aromatic nitrogens is 1. The van der Waals surface area contributed by atoms with Gasteiger partial charge in [-0.1, -0.05) is 18.2 Å². The van der Waals surface area contributed by atoms with E-state index in [9.17, 15) is 4.79 Å². The molecule has 0 aliphatic carbocycles. The van der Waals surface area contributed by atoms with Gasteiger partial charge in [0.25, 0.3) is 0 Å². The molecule has 25 heavy (non-hydrogen) atoms. The van der Waals surface area contributed by atoms with Crippen LogP contribution in [0.1, 0.15) is 30.1 Å². The summed E-state index contributed by atoms with van der Waals surface area (Å²) in [6, 6.07) is 12.5. The van der Waals surface area contributed by atoms with Crippen LogP contribution in [-0.2, 0) is 18.3 Å². The van der Waals surface area contributed by atoms with Crippen molar-refractivity contribution in [3.63, 3.8) is 0 Å². The van der Waals surface area contributed by atoms with E-state index in [1.54, 1.807) is 7.11 Å². The molecular weight excluding hydrogens is 314 g/mol. The van der Waals surface area contributed by atoms with Crippen LogP contribution in [-0.4, -0.2) is 42.1 Å². The van der Waals surface area contributed by atoms with Crippen molar-refractivity contribution in [2.75, 3.05) is 26.7 Å². The van der Waals surface area contributed by atoms with Crippen LogP contribution in [0.4, 0.5) is 0 Å². The lowest BCUT2D eigenvalue weighted by molar-refractivity contribution is -0.122. The zero-order valence-electron chi connectivity index (χ0n) is 15.1. The highest BCUT2D eigenvalue weighted by Crippen LogP contribution is 2.31. The normalized spacial score (nSPS) is 17.6. The van der Waals surface area contributed by atoms with Gasteiger partial charge in [-0.3, -0.25) is 9.69 Å². The van der Waals surface area contributed by atoms with Crippen molar-refractivity contribution in [1.82, 2.24) is 14.8 Å². The van der Waals surface area contributed by atoms with Crippen molar-refractivity contribution < 1.29 is 9.53 Å². The topological polar surface area (TPSA) is 46.5 Å². The molecule has 2 aromatic rings. The molecule has 1 N–H and O–H groups in total. The molecule has 1 aliphatic heterocycles. The second-order valence-electron chi connectivity index (χ2n) is 6.58. The van der Waals surface area contributed by atoms with Crippen molar-refractivity contribution in [1.29, 1.82) is 0 Å². The first-order valence-corrected chi connectivity index (χ1v) is 8.93. The molecule has 1 atom stereocenters. The minimum Gasteiger partial charge on any atom is -0.496 e. The van der Waals surface area contributed by atoms with E-state index in [1.165, 1.54) is 5.69 Å². The Balaban J connectivity index is 1.50. The zero-order valence-corrected chi connectivity index (χ0v) is 15.1. The molecule has 0 radical (unpaired) electrons. The van der Waals surface area contributed by atoms with Crippen LogP contribution >= 0.6 is 0 Å². The smallest absolute Gasteiger partial charge is 0.234 e. The predicted molar refractivity (Wildman–Crippen MR) is 98.7 cm³/mol. The van der Waals surface area contributed by atoms with Crippen LogP contribution < -0.4 is 10.1 Å². The van der Waals surface area contributed by atoms with Gasteiger partial charge in [0.05, 0.1) is 19.7 Å². The standard InChI is InChI=1S/C20H27N3O2/c1-22-13-5-8-17(22)18-9-6-14-23(18)15-20(24)21-12-11-16-7-3-4-10-19(16)25-2/h3-5,7-8,10,13,18H,6,9,11-12,14-15H2,1-2H3,(H,21,24)/t18-/m1/s1. The molecular formula is C20H27N3O2. The summed E-state index contributed by atoms with van der Waals surface area (Å²) in [6.07, 6.45) is 5.10. The van der Waals surface area contributed by atoms with E-state index in [0.717, 1.165) is 37.1 Å². The molecule has 1 fully saturated rings. The lowest BCUT2D eigenvalue weighted by Gasteiger charge is -2.24. The maximum atomic E-state index is 12.4. The van der Waals surface area contributed by atoms with Gasteiger partial charge in [0, 0.05) is 25.5 Å². The van der Waals surface area contributed by atoms with Gasteiger partial charge in [0.15, 0.2) is 0 Å². The number of carbonyl (C=O) groups is 1. The Hall–Kier alpha value is -2.27. The molecule has 2 heterocycles. The van der Waals surface area contributed by atoms with Gasteiger partial charge in [0.2, 0.25) is 5.91 Å². The minimum atomic E-state index is 0.0935. The van der Waals surface area contributed by atoms with Crippen molar-refractivity contribution in [3.8, 4) is 5.75 Å². The Kier molecular flexibility index (Phi) is 5.76. The number of methoxy groups -OCH3 is 1. The van der Waals surface area contributed by atoms with Crippen LogP contribution in [0.25, 0.3) is 0 Å². The first-order chi connectivity index (χ1) is 12.2. The molecule has 0 unspecified atom stereocenters. The number of hydrogen-bond donors (Lipinski definition) is 1. The van der Waals surface area contributed by atoms with Gasteiger partial charge in [-0.05, 0) is 49.6 Å². The van der Waals surface area contributed by atoms with E-state index < -0.39 is 0 Å². The van der Waals surface area contributed by atoms with Crippen LogP contribution in [0.5, 0.6) is 5.75 Å². The summed E-state index contributed by atoms with van der Waals surface area (Å²) in [5, 5.41) is 3.05. The number of aryl methyl sites for hydroxylation is 1. The van der Waals surface area contributed by atoms with Crippen molar-refractivity contribution in [2.24, 2.45) is 7.05 Å². The fraction of sp³-hybridized carbons (Fsp3) is 0.450. The van der Waals surface area contributed by atoms with E-state index in [4.69, 9.17) is 4.74 Å². The van der Waals surface area contributed by atoms with Gasteiger partial charge >= 0.3 is 0 Å². The summed E-state index contributed by atoms with van der Waals surface area (Å²) >= 11 is 0. The SMILES string of the molecule is COc1ccccc1CCNC(=O)CN1CCC[C@@H]1c1cccn1C. The molecule has 5 nitrogen and oxygen atoms in total. The lowest BCUT2D eigenvalue weighted by Crippen LogP contribution is -2.38. The van der Waals surface area contributed by atoms with E-state index >= 15 is 0 Å². The molecule has 1 aromatic heterocycles. The van der Waals surface area contributed by atoms with E-state index in [2.05, 4.69) is 40.2 Å². The summed E-state index contributed by atoms with van der Waals surface area (Å²) in [5.74, 6) is 0.969. The molecule has 0 spiro atoms. The maximum Gasteiger partial charge on any atom is 0.234 e. The number of amides is 1. The largest absolute Gasteiger partial charge is 0.496 e. The van der Waals surface area contributed by atoms with Crippen molar-refractivity contribution in [2.45, 2.75) is 25.3 Å². The number of benzene rings is 1. The maximum absolute atomic E-state index is 12.4. The third-order valence-corrected chi connectivity index (χ3v) is 4.94. The highest BCUT2D eigenvalue weighted by atomic mass is 16.5. The van der Waals surface area contributed by atoms with Crippen LogP contribution in [0.2, 0.25) is 0 Å². The number of carbonyl (C=O) groups excluding carboxylic acids is 1. The molecule has 1 amide bonds. The second-order valence-corrected chi connectivity index (χ2v) is 6.58. The van der Waals surface area contributed by atoms with E-state index in [0.29, 0.717) is 19.1 Å². The summed E-state index contributed by atoms with van der Waals surface area (Å²) in [6.45, 7) is 2.07. The van der Waals surface area contributed by atoms with Gasteiger partial charge in [-0.2, -0.15) is 0 Å². The van der Waals surface area contributed by atoms with E-state index in [-0.39, 0.29) is 5.91 Å². The molecule has 0 bridgehead atoms. The Labute approximate surface area is 149 Å². The lowest BCUT2D eigenvalue weighted by atomic mass is 10.1. The van der Waals surface area contributed by atoms with Gasteiger partial charge in [-0.25, -0.2) is 0 Å². The number of hydrogen-bond acceptors (Lipinski definition) is 3. The summed E-state index contributed by atoms with van der Waals surface area (Å²) in [7, 11) is 3.74. The Bertz CT molecular complexity index is 710. The molecule has 3 rings (SSSR count). The van der Waals surface area contributed by atoms with Crippen molar-refractivity contribution >= 4 is 5.91 Å². The van der Waals surface area contributed by atoms with Crippen molar-refractivity contribution in [3.05, 3.63) is 53.9 Å². The van der Waals surface area contributed by atoms with Crippen LogP contribution in [0, 0.1) is 0 Å². The monoisotopic (exact) mass is 341 g/mol. The molecule has 1 aromatic carbocycles. The Morgan fingerprint density at radius 2 is 2.12 bits per heavy atom. The average Bonchev–Trinajstić information content (AvgIpc) is 3.23. The zero-order chi connectivity index (χ0) is 17.6. The number of para-hydroxylation sites is 1. The Morgan fingerprint density at radius 1 is 1.28 bits per heavy atom. The molecule has 134 valence electrons. The average molecular weight is 341 g/mol. The number of ether oxygens (including phenoxy) is 1. The Morgan fingerprint density at radius 3 is 2.88 bits per heavy atom. The molecule has 1 aliphatic rings. The third-order valence-electron chi connectivity index (χ3n) is 4.94. The number of nitrogens with zero attached hydrogens (tertiary/aromatic N) is 2. The highest BCUT2D eigenvalue weighted by molar-refractivity contribution is 5.78. The predicted octanol–water partition coefficient (Wildman–Crippen LogP) is 2.53. The highest BCUT2D eigenvalue weighted by Gasteiger charge is 2.28. The van der Waals surface area contributed by atoms with Gasteiger partial charge in [0.1, 0.15) is 5.75 Å². The number of nitrogens with one attached hydrogen (secondary N) is 1. The number of likely N-dealkylation sites (tertiary alicyclic amines) is 1. The van der Waals surface area contributed by atoms with E-state index in [1.807, 2.05) is 24.3 Å². The van der Waals surface area contributed by atoms with Crippen LogP contribution in [0.3, 0.4) is 0 Å². The quantitative estimate of drug-likeness (QED) is 0.842. The van der Waals surface area contributed by atoms with Crippen LogP contribution in [0.15, 0.2) is 42.6 Å². The summed E-state index contributed by atoms with van der Waals surface area (Å²) in [4.78, 5) is 14.6. The minimum absolute atomic E-state index is 0.0935. The second kappa shape index (κ2) is 8.21. The number of rotatable bonds is 7.